The lowest BCUT2D eigenvalue weighted by Gasteiger charge is -2.43. The molecule has 26 heavy (non-hydrogen) atoms. The molecule has 1 aromatic carbocycles. The number of nitrogens with zero attached hydrogens (tertiary/aromatic N) is 4. The lowest BCUT2D eigenvalue weighted by atomic mass is 10.0. The Kier molecular flexibility index (Phi) is 5.57. The normalized spacial score (nSPS) is 21.0. The fraction of sp³-hybridized carbons (Fsp3) is 0.429. The molecular weight excluding hydrogens is 324 g/mol. The van der Waals surface area contributed by atoms with E-state index in [-0.39, 0.29) is 11.9 Å². The molecule has 2 heterocycles. The summed E-state index contributed by atoms with van der Waals surface area (Å²) in [5.74, 6) is 0.110. The predicted molar refractivity (Wildman–Crippen MR) is 105 cm³/mol. The minimum atomic E-state index is 0.110. The summed E-state index contributed by atoms with van der Waals surface area (Å²) in [6, 6.07) is 8.40. The van der Waals surface area contributed by atoms with Crippen LogP contribution in [-0.2, 0) is 6.54 Å². The fourth-order valence-corrected chi connectivity index (χ4v) is 3.56. The number of rotatable bonds is 5. The van der Waals surface area contributed by atoms with Crippen LogP contribution in [0.15, 0.2) is 49.3 Å². The average Bonchev–Trinajstić information content (AvgIpc) is 3.13. The van der Waals surface area contributed by atoms with Crippen molar-refractivity contribution in [3.8, 4) is 11.1 Å². The van der Waals surface area contributed by atoms with Crippen molar-refractivity contribution >= 4 is 5.91 Å². The number of carbonyl (C=O) groups excluding carboxylic acids is 1. The van der Waals surface area contributed by atoms with Gasteiger partial charge < -0.3 is 4.90 Å². The average molecular weight is 352 g/mol. The van der Waals surface area contributed by atoms with Crippen molar-refractivity contribution in [1.29, 1.82) is 0 Å². The molecule has 1 aromatic heterocycles. The van der Waals surface area contributed by atoms with Gasteiger partial charge in [-0.05, 0) is 38.5 Å². The monoisotopic (exact) mass is 352 g/mol. The van der Waals surface area contributed by atoms with Gasteiger partial charge in [-0.3, -0.25) is 14.4 Å². The number of aromatic nitrogens is 2. The second-order valence-corrected chi connectivity index (χ2v) is 7.06. The van der Waals surface area contributed by atoms with E-state index in [1.54, 1.807) is 0 Å². The molecule has 2 atom stereocenters. The largest absolute Gasteiger partial charge is 0.333 e. The molecule has 0 saturated carbocycles. The minimum absolute atomic E-state index is 0.110. The Labute approximate surface area is 155 Å². The molecule has 0 aliphatic carbocycles. The first kappa shape index (κ1) is 18.4. The van der Waals surface area contributed by atoms with Crippen LogP contribution in [0.25, 0.3) is 11.1 Å². The van der Waals surface area contributed by atoms with Crippen LogP contribution in [-0.4, -0.2) is 57.2 Å². The minimum Gasteiger partial charge on any atom is -0.333 e. The van der Waals surface area contributed by atoms with Crippen molar-refractivity contribution in [3.05, 3.63) is 54.9 Å². The highest BCUT2D eigenvalue weighted by atomic mass is 16.2. The second kappa shape index (κ2) is 7.87. The maximum absolute atomic E-state index is 13.0. The summed E-state index contributed by atoms with van der Waals surface area (Å²) in [4.78, 5) is 17.4. The van der Waals surface area contributed by atoms with Crippen molar-refractivity contribution in [1.82, 2.24) is 19.6 Å². The molecule has 2 aromatic rings. The summed E-state index contributed by atoms with van der Waals surface area (Å²) in [6.45, 7) is 13.5. The van der Waals surface area contributed by atoms with E-state index in [1.807, 2.05) is 52.3 Å². The molecule has 138 valence electrons. The van der Waals surface area contributed by atoms with Gasteiger partial charge in [0.05, 0.1) is 6.20 Å². The quantitative estimate of drug-likeness (QED) is 0.776. The number of hydrogen-bond donors (Lipinski definition) is 0. The van der Waals surface area contributed by atoms with Gasteiger partial charge in [0.1, 0.15) is 0 Å². The SMILES string of the molecule is C=CCN1C[C@@H](C)N(C(=O)c2ccc(-c3cnn(CC)c3)cc2)C[C@H]1C. The van der Waals surface area contributed by atoms with Crippen LogP contribution in [0.5, 0.6) is 0 Å². The molecule has 3 rings (SSSR count). The van der Waals surface area contributed by atoms with Gasteiger partial charge in [-0.15, -0.1) is 6.58 Å². The zero-order valence-corrected chi connectivity index (χ0v) is 15.9. The first-order valence-corrected chi connectivity index (χ1v) is 9.32. The number of hydrogen-bond acceptors (Lipinski definition) is 3. The van der Waals surface area contributed by atoms with Gasteiger partial charge in [-0.2, -0.15) is 5.10 Å². The van der Waals surface area contributed by atoms with E-state index in [2.05, 4.69) is 37.3 Å². The van der Waals surface area contributed by atoms with Crippen molar-refractivity contribution in [3.63, 3.8) is 0 Å². The van der Waals surface area contributed by atoms with Gasteiger partial charge >= 0.3 is 0 Å². The highest BCUT2D eigenvalue weighted by Gasteiger charge is 2.31. The van der Waals surface area contributed by atoms with Crippen LogP contribution in [0, 0.1) is 0 Å². The van der Waals surface area contributed by atoms with E-state index in [1.165, 1.54) is 0 Å². The van der Waals surface area contributed by atoms with E-state index >= 15 is 0 Å². The molecule has 1 aliphatic rings. The van der Waals surface area contributed by atoms with Crippen molar-refractivity contribution < 1.29 is 4.79 Å². The molecule has 0 N–H and O–H groups in total. The lowest BCUT2D eigenvalue weighted by molar-refractivity contribution is 0.0355. The molecule has 1 saturated heterocycles. The zero-order valence-electron chi connectivity index (χ0n) is 15.9. The Morgan fingerprint density at radius 2 is 1.92 bits per heavy atom. The molecule has 0 radical (unpaired) electrons. The van der Waals surface area contributed by atoms with Crippen LogP contribution in [0.4, 0.5) is 0 Å². The molecule has 1 aliphatic heterocycles. The lowest BCUT2D eigenvalue weighted by Crippen LogP contribution is -2.57. The Balaban J connectivity index is 1.72. The van der Waals surface area contributed by atoms with Crippen molar-refractivity contribution in [2.75, 3.05) is 19.6 Å². The highest BCUT2D eigenvalue weighted by Crippen LogP contribution is 2.22. The van der Waals surface area contributed by atoms with E-state index in [4.69, 9.17) is 0 Å². The number of amides is 1. The molecule has 1 amide bonds. The maximum Gasteiger partial charge on any atom is 0.254 e. The smallest absolute Gasteiger partial charge is 0.254 e. The summed E-state index contributed by atoms with van der Waals surface area (Å²) in [6.07, 6.45) is 5.82. The van der Waals surface area contributed by atoms with Gasteiger partial charge in [-0.1, -0.05) is 18.2 Å². The number of carbonyl (C=O) groups is 1. The summed E-state index contributed by atoms with van der Waals surface area (Å²) < 4.78 is 1.90. The molecular formula is C21H28N4O. The molecule has 5 nitrogen and oxygen atoms in total. The Bertz CT molecular complexity index is 765. The predicted octanol–water partition coefficient (Wildman–Crippen LogP) is 3.29. The number of benzene rings is 1. The zero-order chi connectivity index (χ0) is 18.7. The van der Waals surface area contributed by atoms with Crippen LogP contribution >= 0.6 is 0 Å². The van der Waals surface area contributed by atoms with Crippen LogP contribution in [0.2, 0.25) is 0 Å². The van der Waals surface area contributed by atoms with E-state index in [9.17, 15) is 4.79 Å². The number of piperazine rings is 1. The first-order valence-electron chi connectivity index (χ1n) is 9.32. The van der Waals surface area contributed by atoms with Gasteiger partial charge in [0.2, 0.25) is 0 Å². The van der Waals surface area contributed by atoms with Crippen LogP contribution < -0.4 is 0 Å². The topological polar surface area (TPSA) is 41.4 Å². The van der Waals surface area contributed by atoms with Gasteiger partial charge in [0, 0.05) is 55.6 Å². The fourth-order valence-electron chi connectivity index (χ4n) is 3.56. The van der Waals surface area contributed by atoms with Crippen LogP contribution in [0.1, 0.15) is 31.1 Å². The molecule has 0 bridgehead atoms. The van der Waals surface area contributed by atoms with Crippen molar-refractivity contribution in [2.24, 2.45) is 0 Å². The van der Waals surface area contributed by atoms with Gasteiger partial charge in [-0.25, -0.2) is 0 Å². The molecule has 5 heteroatoms. The highest BCUT2D eigenvalue weighted by molar-refractivity contribution is 5.95. The van der Waals surface area contributed by atoms with E-state index in [0.29, 0.717) is 6.04 Å². The Morgan fingerprint density at radius 3 is 2.54 bits per heavy atom. The van der Waals surface area contributed by atoms with Gasteiger partial charge in [0.25, 0.3) is 5.91 Å². The maximum atomic E-state index is 13.0. The second-order valence-electron chi connectivity index (χ2n) is 7.06. The summed E-state index contributed by atoms with van der Waals surface area (Å²) >= 11 is 0. The van der Waals surface area contributed by atoms with Gasteiger partial charge in [0.15, 0.2) is 0 Å². The Hall–Kier alpha value is -2.40. The summed E-state index contributed by atoms with van der Waals surface area (Å²) in [5.41, 5.74) is 2.90. The molecule has 0 unspecified atom stereocenters. The third-order valence-electron chi connectivity index (χ3n) is 5.16. The third-order valence-corrected chi connectivity index (χ3v) is 5.16. The standard InChI is InChI=1S/C21H28N4O/c1-5-11-23-13-17(4)25(14-16(23)3)21(26)19-9-7-18(8-10-19)20-12-22-24(6-2)15-20/h5,7-10,12,15-17H,1,6,11,13-14H2,2-4H3/t16-,17-/m1/s1. The van der Waals surface area contributed by atoms with E-state index in [0.717, 1.165) is 42.9 Å². The summed E-state index contributed by atoms with van der Waals surface area (Å²) in [7, 11) is 0. The molecule has 1 fully saturated rings. The number of aryl methyl sites for hydroxylation is 1. The van der Waals surface area contributed by atoms with E-state index < -0.39 is 0 Å². The molecule has 0 spiro atoms. The van der Waals surface area contributed by atoms with Crippen molar-refractivity contribution in [2.45, 2.75) is 39.4 Å². The first-order chi connectivity index (χ1) is 12.5. The Morgan fingerprint density at radius 1 is 1.19 bits per heavy atom. The third kappa shape index (κ3) is 3.73. The van der Waals surface area contributed by atoms with Crippen LogP contribution in [0.3, 0.4) is 0 Å². The summed E-state index contributed by atoms with van der Waals surface area (Å²) in [5, 5.41) is 4.31.